The van der Waals surface area contributed by atoms with Crippen molar-refractivity contribution >= 4 is 21.6 Å². The van der Waals surface area contributed by atoms with Gasteiger partial charge in [-0.1, -0.05) is 13.8 Å². The summed E-state index contributed by atoms with van der Waals surface area (Å²) < 4.78 is 35.4. The third-order valence-electron chi connectivity index (χ3n) is 2.08. The van der Waals surface area contributed by atoms with E-state index in [1.807, 2.05) is 13.8 Å². The Labute approximate surface area is 105 Å². The Morgan fingerprint density at radius 3 is 2.50 bits per heavy atom. The normalized spacial score (nSPS) is 11.6. The van der Waals surface area contributed by atoms with Crippen LogP contribution >= 0.6 is 0 Å². The lowest BCUT2D eigenvalue weighted by molar-refractivity contribution is -0.116. The molecule has 7 heteroatoms. The van der Waals surface area contributed by atoms with Gasteiger partial charge < -0.3 is 5.32 Å². The zero-order valence-corrected chi connectivity index (χ0v) is 10.9. The lowest BCUT2D eigenvalue weighted by atomic mass is 10.1. The monoisotopic (exact) mass is 274 g/mol. The summed E-state index contributed by atoms with van der Waals surface area (Å²) in [6, 6.07) is 2.96. The predicted octanol–water partition coefficient (Wildman–Crippen LogP) is 1.46. The largest absolute Gasteiger partial charge is 0.326 e. The highest BCUT2D eigenvalue weighted by molar-refractivity contribution is 7.89. The quantitative estimate of drug-likeness (QED) is 0.871. The van der Waals surface area contributed by atoms with Gasteiger partial charge in [-0.2, -0.15) is 0 Å². The van der Waals surface area contributed by atoms with Crippen LogP contribution in [0.15, 0.2) is 23.1 Å². The van der Waals surface area contributed by atoms with Crippen molar-refractivity contribution in [3.05, 3.63) is 24.0 Å². The fraction of sp³-hybridized carbons (Fsp3) is 0.364. The molecule has 0 radical (unpaired) electrons. The number of amides is 1. The molecule has 0 aliphatic rings. The van der Waals surface area contributed by atoms with Crippen LogP contribution in [-0.4, -0.2) is 14.3 Å². The SMILES string of the molecule is CC(C)CC(=O)Nc1cc(F)cc(S(N)(=O)=O)c1. The summed E-state index contributed by atoms with van der Waals surface area (Å²) in [5, 5.41) is 7.33. The van der Waals surface area contributed by atoms with Crippen molar-refractivity contribution in [3.8, 4) is 0 Å². The van der Waals surface area contributed by atoms with Crippen LogP contribution in [0.4, 0.5) is 10.1 Å². The molecular formula is C11H15FN2O3S. The van der Waals surface area contributed by atoms with E-state index in [0.717, 1.165) is 18.2 Å². The minimum absolute atomic E-state index is 0.0738. The molecule has 0 unspecified atom stereocenters. The molecule has 1 amide bonds. The topological polar surface area (TPSA) is 89.3 Å². The van der Waals surface area contributed by atoms with E-state index in [9.17, 15) is 17.6 Å². The van der Waals surface area contributed by atoms with Crippen LogP contribution in [-0.2, 0) is 14.8 Å². The summed E-state index contributed by atoms with van der Waals surface area (Å²) in [5.41, 5.74) is 0.0738. The molecule has 0 saturated heterocycles. The lowest BCUT2D eigenvalue weighted by Gasteiger charge is -2.08. The molecule has 1 aromatic rings. The molecule has 0 aliphatic heterocycles. The highest BCUT2D eigenvalue weighted by atomic mass is 32.2. The minimum atomic E-state index is -4.00. The van der Waals surface area contributed by atoms with Crippen molar-refractivity contribution in [2.24, 2.45) is 11.1 Å². The van der Waals surface area contributed by atoms with Crippen molar-refractivity contribution in [2.75, 3.05) is 5.32 Å². The molecule has 0 spiro atoms. The third kappa shape index (κ3) is 4.42. The Hall–Kier alpha value is -1.47. The fourth-order valence-electron chi connectivity index (χ4n) is 1.38. The number of primary sulfonamides is 1. The van der Waals surface area contributed by atoms with Gasteiger partial charge in [0.1, 0.15) is 5.82 Å². The number of anilines is 1. The number of halogens is 1. The summed E-state index contributed by atoms with van der Waals surface area (Å²) >= 11 is 0. The van der Waals surface area contributed by atoms with E-state index < -0.39 is 15.8 Å². The second-order valence-electron chi connectivity index (χ2n) is 4.37. The molecule has 100 valence electrons. The van der Waals surface area contributed by atoms with Gasteiger partial charge >= 0.3 is 0 Å². The summed E-state index contributed by atoms with van der Waals surface area (Å²) in [6.45, 7) is 3.72. The number of carbonyl (C=O) groups excluding carboxylic acids is 1. The summed E-state index contributed by atoms with van der Waals surface area (Å²) in [4.78, 5) is 11.1. The van der Waals surface area contributed by atoms with Crippen molar-refractivity contribution in [2.45, 2.75) is 25.2 Å². The minimum Gasteiger partial charge on any atom is -0.326 e. The van der Waals surface area contributed by atoms with Gasteiger partial charge in [0.15, 0.2) is 0 Å². The molecule has 0 atom stereocenters. The average Bonchev–Trinajstić information content (AvgIpc) is 2.13. The van der Waals surface area contributed by atoms with Gasteiger partial charge in [0.05, 0.1) is 4.90 Å². The van der Waals surface area contributed by atoms with E-state index in [1.54, 1.807) is 0 Å². The van der Waals surface area contributed by atoms with E-state index in [2.05, 4.69) is 5.32 Å². The second kappa shape index (κ2) is 5.45. The number of rotatable bonds is 4. The Kier molecular flexibility index (Phi) is 4.42. The van der Waals surface area contributed by atoms with Gasteiger partial charge in [-0.15, -0.1) is 0 Å². The van der Waals surface area contributed by atoms with E-state index in [4.69, 9.17) is 5.14 Å². The maximum Gasteiger partial charge on any atom is 0.238 e. The van der Waals surface area contributed by atoms with Gasteiger partial charge in [-0.25, -0.2) is 17.9 Å². The van der Waals surface area contributed by atoms with Gasteiger partial charge in [0.2, 0.25) is 15.9 Å². The smallest absolute Gasteiger partial charge is 0.238 e. The maximum atomic E-state index is 13.2. The first-order chi connectivity index (χ1) is 8.18. The highest BCUT2D eigenvalue weighted by Crippen LogP contribution is 2.17. The first-order valence-electron chi connectivity index (χ1n) is 5.31. The Morgan fingerprint density at radius 2 is 2.00 bits per heavy atom. The number of nitrogens with two attached hydrogens (primary N) is 1. The Balaban J connectivity index is 2.97. The first-order valence-corrected chi connectivity index (χ1v) is 6.86. The van der Waals surface area contributed by atoms with Crippen LogP contribution in [0.3, 0.4) is 0 Å². The molecular weight excluding hydrogens is 259 g/mol. The van der Waals surface area contributed by atoms with Crippen LogP contribution in [0.2, 0.25) is 0 Å². The molecule has 3 N–H and O–H groups in total. The molecule has 5 nitrogen and oxygen atoms in total. The lowest BCUT2D eigenvalue weighted by Crippen LogP contribution is -2.16. The summed E-state index contributed by atoms with van der Waals surface area (Å²) in [6.07, 6.45) is 0.265. The maximum absolute atomic E-state index is 13.2. The fourth-order valence-corrected chi connectivity index (χ4v) is 1.95. The van der Waals surface area contributed by atoms with Gasteiger partial charge in [-0.05, 0) is 24.1 Å². The molecule has 0 bridgehead atoms. The average molecular weight is 274 g/mol. The molecule has 0 saturated carbocycles. The second-order valence-corrected chi connectivity index (χ2v) is 5.93. The van der Waals surface area contributed by atoms with E-state index in [0.29, 0.717) is 0 Å². The first kappa shape index (κ1) is 14.6. The number of hydrogen-bond donors (Lipinski definition) is 2. The van der Waals surface area contributed by atoms with Crippen LogP contribution in [0.1, 0.15) is 20.3 Å². The van der Waals surface area contributed by atoms with Gasteiger partial charge in [0, 0.05) is 12.1 Å². The van der Waals surface area contributed by atoms with Gasteiger partial charge in [-0.3, -0.25) is 4.79 Å². The zero-order valence-electron chi connectivity index (χ0n) is 10.1. The van der Waals surface area contributed by atoms with Gasteiger partial charge in [0.25, 0.3) is 0 Å². The molecule has 1 aromatic carbocycles. The number of benzene rings is 1. The van der Waals surface area contributed by atoms with Crippen molar-refractivity contribution in [1.29, 1.82) is 0 Å². The third-order valence-corrected chi connectivity index (χ3v) is 2.97. The van der Waals surface area contributed by atoms with Crippen molar-refractivity contribution in [3.63, 3.8) is 0 Å². The predicted molar refractivity (Wildman–Crippen MR) is 65.9 cm³/mol. The van der Waals surface area contributed by atoms with Crippen LogP contribution < -0.4 is 10.5 Å². The molecule has 0 aliphatic carbocycles. The van der Waals surface area contributed by atoms with E-state index in [-0.39, 0.29) is 28.8 Å². The van der Waals surface area contributed by atoms with E-state index >= 15 is 0 Å². The number of sulfonamides is 1. The molecule has 0 aromatic heterocycles. The molecule has 0 fully saturated rings. The van der Waals surface area contributed by atoms with E-state index in [1.165, 1.54) is 0 Å². The number of hydrogen-bond acceptors (Lipinski definition) is 3. The van der Waals surface area contributed by atoms with Crippen molar-refractivity contribution in [1.82, 2.24) is 0 Å². The Morgan fingerprint density at radius 1 is 1.39 bits per heavy atom. The standard InChI is InChI=1S/C11H15FN2O3S/c1-7(2)3-11(15)14-9-4-8(12)5-10(6-9)18(13,16)17/h4-7H,3H2,1-2H3,(H,14,15)(H2,13,16,17). The van der Waals surface area contributed by atoms with Crippen LogP contribution in [0.25, 0.3) is 0 Å². The highest BCUT2D eigenvalue weighted by Gasteiger charge is 2.12. The molecule has 18 heavy (non-hydrogen) atoms. The Bertz CT molecular complexity index is 555. The summed E-state index contributed by atoms with van der Waals surface area (Å²) in [5.74, 6) is -0.936. The molecule has 0 heterocycles. The number of carbonyl (C=O) groups is 1. The summed E-state index contributed by atoms with van der Waals surface area (Å²) in [7, 11) is -4.00. The van der Waals surface area contributed by atoms with Crippen LogP contribution in [0, 0.1) is 11.7 Å². The van der Waals surface area contributed by atoms with Crippen molar-refractivity contribution < 1.29 is 17.6 Å². The zero-order chi connectivity index (χ0) is 13.9. The van der Waals surface area contributed by atoms with Crippen LogP contribution in [0.5, 0.6) is 0 Å². The number of nitrogens with one attached hydrogen (secondary N) is 1. The molecule has 1 rings (SSSR count).